The van der Waals surface area contributed by atoms with Gasteiger partial charge in [0.1, 0.15) is 18.2 Å². The minimum Gasteiger partial charge on any atom is -0.484 e. The van der Waals surface area contributed by atoms with E-state index in [4.69, 9.17) is 21.3 Å². The summed E-state index contributed by atoms with van der Waals surface area (Å²) in [5, 5.41) is 0.629. The van der Waals surface area contributed by atoms with E-state index in [1.165, 1.54) is 37.6 Å². The number of aromatic nitrogens is 2. The Labute approximate surface area is 154 Å². The third kappa shape index (κ3) is 4.55. The lowest BCUT2D eigenvalue weighted by Gasteiger charge is -2.11. The quantitative estimate of drug-likeness (QED) is 0.424. The molecule has 0 amide bonds. The van der Waals surface area contributed by atoms with Gasteiger partial charge in [-0.05, 0) is 30.7 Å². The van der Waals surface area contributed by atoms with Crippen LogP contribution in [-0.4, -0.2) is 9.55 Å². The van der Waals surface area contributed by atoms with E-state index in [1.54, 1.807) is 0 Å². The Hall–Kier alpha value is -2.00. The van der Waals surface area contributed by atoms with Gasteiger partial charge in [0.05, 0.1) is 16.1 Å². The van der Waals surface area contributed by atoms with Crippen molar-refractivity contribution in [2.75, 3.05) is 0 Å². The van der Waals surface area contributed by atoms with Gasteiger partial charge in [0.15, 0.2) is 0 Å². The van der Waals surface area contributed by atoms with Gasteiger partial charge in [-0.3, -0.25) is 0 Å². The van der Waals surface area contributed by atoms with Crippen LogP contribution in [0.15, 0.2) is 48.5 Å². The fourth-order valence-corrected chi connectivity index (χ4v) is 3.25. The Morgan fingerprint density at radius 1 is 0.960 bits per heavy atom. The summed E-state index contributed by atoms with van der Waals surface area (Å²) in [6.45, 7) is 3.65. The smallest absolute Gasteiger partial charge is 0.147 e. The molecule has 0 spiro atoms. The molecule has 0 N–H and O–H groups in total. The number of hydrogen-bond acceptors (Lipinski definition) is 2. The third-order valence-corrected chi connectivity index (χ3v) is 4.72. The molecule has 3 aromatic rings. The molecule has 0 saturated carbocycles. The van der Waals surface area contributed by atoms with Gasteiger partial charge in [0, 0.05) is 6.54 Å². The van der Waals surface area contributed by atoms with Gasteiger partial charge in [-0.25, -0.2) is 4.98 Å². The molecule has 132 valence electrons. The predicted molar refractivity (Wildman–Crippen MR) is 104 cm³/mol. The van der Waals surface area contributed by atoms with Crippen LogP contribution in [0.3, 0.4) is 0 Å². The van der Waals surface area contributed by atoms with Crippen molar-refractivity contribution in [2.24, 2.45) is 0 Å². The van der Waals surface area contributed by atoms with Crippen LogP contribution in [0.5, 0.6) is 5.75 Å². The van der Waals surface area contributed by atoms with Gasteiger partial charge in [-0.1, -0.05) is 68.5 Å². The molecule has 0 radical (unpaired) electrons. The zero-order valence-electron chi connectivity index (χ0n) is 14.7. The summed E-state index contributed by atoms with van der Waals surface area (Å²) < 4.78 is 8.21. The lowest BCUT2D eigenvalue weighted by molar-refractivity contribution is 0.289. The molecular weight excluding hydrogens is 332 g/mol. The number of para-hydroxylation sites is 3. The lowest BCUT2D eigenvalue weighted by Crippen LogP contribution is -2.08. The molecule has 0 unspecified atom stereocenters. The first-order chi connectivity index (χ1) is 12.3. The summed E-state index contributed by atoms with van der Waals surface area (Å²) in [6.07, 6.45) is 6.30. The van der Waals surface area contributed by atoms with Crippen LogP contribution in [-0.2, 0) is 13.2 Å². The number of hydrogen-bond donors (Lipinski definition) is 0. The Morgan fingerprint density at radius 3 is 2.56 bits per heavy atom. The Balaban J connectivity index is 1.74. The normalized spacial score (nSPS) is 11.1. The van der Waals surface area contributed by atoms with Gasteiger partial charge in [-0.15, -0.1) is 0 Å². The maximum absolute atomic E-state index is 6.19. The zero-order chi connectivity index (χ0) is 17.5. The SMILES string of the molecule is CCCCCCCn1c(COc2ccccc2Cl)nc2ccccc21. The molecule has 25 heavy (non-hydrogen) atoms. The van der Waals surface area contributed by atoms with Crippen molar-refractivity contribution in [3.8, 4) is 5.75 Å². The van der Waals surface area contributed by atoms with Gasteiger partial charge in [0.2, 0.25) is 0 Å². The van der Waals surface area contributed by atoms with Crippen molar-refractivity contribution in [3.63, 3.8) is 0 Å². The second kappa shape index (κ2) is 8.91. The highest BCUT2D eigenvalue weighted by atomic mass is 35.5. The minimum absolute atomic E-state index is 0.424. The van der Waals surface area contributed by atoms with E-state index in [2.05, 4.69) is 29.7 Å². The first-order valence-corrected chi connectivity index (χ1v) is 9.49. The average molecular weight is 357 g/mol. The van der Waals surface area contributed by atoms with E-state index in [0.717, 1.165) is 17.9 Å². The fourth-order valence-electron chi connectivity index (χ4n) is 3.06. The number of unbranched alkanes of at least 4 members (excludes halogenated alkanes) is 4. The van der Waals surface area contributed by atoms with Crippen molar-refractivity contribution >= 4 is 22.6 Å². The summed E-state index contributed by atoms with van der Waals surface area (Å²) in [5.74, 6) is 1.65. The van der Waals surface area contributed by atoms with E-state index in [9.17, 15) is 0 Å². The summed E-state index contributed by atoms with van der Waals surface area (Å²) in [6, 6.07) is 15.8. The zero-order valence-corrected chi connectivity index (χ0v) is 15.5. The number of aryl methyl sites for hydroxylation is 1. The minimum atomic E-state index is 0.424. The number of imidazole rings is 1. The predicted octanol–water partition coefficient (Wildman–Crippen LogP) is 6.24. The molecule has 0 aliphatic rings. The van der Waals surface area contributed by atoms with E-state index in [-0.39, 0.29) is 0 Å². The lowest BCUT2D eigenvalue weighted by atomic mass is 10.1. The fraction of sp³-hybridized carbons (Fsp3) is 0.381. The maximum atomic E-state index is 6.19. The Kier molecular flexibility index (Phi) is 6.35. The highest BCUT2D eigenvalue weighted by Crippen LogP contribution is 2.25. The van der Waals surface area contributed by atoms with E-state index in [0.29, 0.717) is 17.4 Å². The molecule has 0 atom stereocenters. The third-order valence-electron chi connectivity index (χ3n) is 4.41. The molecule has 0 aliphatic heterocycles. The molecule has 4 heteroatoms. The number of nitrogens with zero attached hydrogens (tertiary/aromatic N) is 2. The second-order valence-corrected chi connectivity index (χ2v) is 6.71. The van der Waals surface area contributed by atoms with Gasteiger partial charge < -0.3 is 9.30 Å². The number of ether oxygens (including phenoxy) is 1. The van der Waals surface area contributed by atoms with Gasteiger partial charge >= 0.3 is 0 Å². The summed E-state index contributed by atoms with van der Waals surface area (Å²) in [5.41, 5.74) is 2.20. The largest absolute Gasteiger partial charge is 0.484 e. The van der Waals surface area contributed by atoms with Crippen LogP contribution < -0.4 is 4.74 Å². The molecule has 0 aliphatic carbocycles. The average Bonchev–Trinajstić information content (AvgIpc) is 2.99. The maximum Gasteiger partial charge on any atom is 0.147 e. The molecule has 1 heterocycles. The molecule has 1 aromatic heterocycles. The Bertz CT molecular complexity index is 813. The topological polar surface area (TPSA) is 27.1 Å². The van der Waals surface area contributed by atoms with Crippen molar-refractivity contribution in [3.05, 3.63) is 59.4 Å². The van der Waals surface area contributed by atoms with Crippen LogP contribution in [0.1, 0.15) is 44.9 Å². The molecule has 0 fully saturated rings. The van der Waals surface area contributed by atoms with Crippen LogP contribution in [0.4, 0.5) is 0 Å². The standard InChI is InChI=1S/C21H25ClN2O/c1-2-3-4-5-10-15-24-19-13-8-7-12-18(19)23-21(24)16-25-20-14-9-6-11-17(20)22/h6-9,11-14H,2-5,10,15-16H2,1H3. The van der Waals surface area contributed by atoms with E-state index in [1.807, 2.05) is 30.3 Å². The van der Waals surface area contributed by atoms with Crippen LogP contribution in [0, 0.1) is 0 Å². The molecule has 3 nitrogen and oxygen atoms in total. The van der Waals surface area contributed by atoms with Crippen LogP contribution in [0.25, 0.3) is 11.0 Å². The molecule has 0 saturated heterocycles. The molecule has 3 rings (SSSR count). The van der Waals surface area contributed by atoms with Gasteiger partial charge in [0.25, 0.3) is 0 Å². The van der Waals surface area contributed by atoms with Crippen LogP contribution in [0.2, 0.25) is 5.02 Å². The second-order valence-electron chi connectivity index (χ2n) is 6.30. The van der Waals surface area contributed by atoms with Crippen molar-refractivity contribution < 1.29 is 4.74 Å². The highest BCUT2D eigenvalue weighted by Gasteiger charge is 2.11. The molecule has 0 bridgehead atoms. The van der Waals surface area contributed by atoms with Crippen LogP contribution >= 0.6 is 11.6 Å². The summed E-state index contributed by atoms with van der Waals surface area (Å²) in [4.78, 5) is 4.77. The summed E-state index contributed by atoms with van der Waals surface area (Å²) in [7, 11) is 0. The van der Waals surface area contributed by atoms with Crippen molar-refractivity contribution in [1.29, 1.82) is 0 Å². The Morgan fingerprint density at radius 2 is 1.72 bits per heavy atom. The number of rotatable bonds is 9. The number of benzene rings is 2. The van der Waals surface area contributed by atoms with Gasteiger partial charge in [-0.2, -0.15) is 0 Å². The van der Waals surface area contributed by atoms with E-state index < -0.39 is 0 Å². The molecule has 2 aromatic carbocycles. The highest BCUT2D eigenvalue weighted by molar-refractivity contribution is 6.32. The van der Waals surface area contributed by atoms with E-state index >= 15 is 0 Å². The number of fused-ring (bicyclic) bond motifs is 1. The first kappa shape index (κ1) is 17.8. The number of halogens is 1. The van der Waals surface area contributed by atoms with Crippen molar-refractivity contribution in [2.45, 2.75) is 52.2 Å². The van der Waals surface area contributed by atoms with Crippen molar-refractivity contribution in [1.82, 2.24) is 9.55 Å². The monoisotopic (exact) mass is 356 g/mol. The first-order valence-electron chi connectivity index (χ1n) is 9.11. The molecular formula is C21H25ClN2O. The summed E-state index contributed by atoms with van der Waals surface area (Å²) >= 11 is 6.19.